The number of halogens is 1. The van der Waals surface area contributed by atoms with Crippen molar-refractivity contribution < 1.29 is 13.2 Å². The zero-order valence-corrected chi connectivity index (χ0v) is 15.6. The molecule has 0 aliphatic heterocycles. The monoisotopic (exact) mass is 370 g/mol. The van der Waals surface area contributed by atoms with Crippen LogP contribution >= 0.6 is 11.6 Å². The van der Waals surface area contributed by atoms with Crippen LogP contribution in [0.3, 0.4) is 0 Å². The fraction of sp³-hybridized carbons (Fsp3) is 0.471. The van der Waals surface area contributed by atoms with E-state index in [2.05, 4.69) is 11.4 Å². The molecular formula is C17H23ClN2O3S. The number of carbonyl (C=O) groups is 1. The van der Waals surface area contributed by atoms with Gasteiger partial charge in [-0.2, -0.15) is 0 Å². The second-order valence-electron chi connectivity index (χ2n) is 6.01. The lowest BCUT2D eigenvalue weighted by molar-refractivity contribution is 0.0954. The van der Waals surface area contributed by atoms with Gasteiger partial charge in [-0.15, -0.1) is 0 Å². The van der Waals surface area contributed by atoms with Crippen LogP contribution in [0.5, 0.6) is 0 Å². The number of anilines is 1. The van der Waals surface area contributed by atoms with Crippen molar-refractivity contribution in [2.24, 2.45) is 0 Å². The van der Waals surface area contributed by atoms with Crippen molar-refractivity contribution in [2.75, 3.05) is 24.2 Å². The summed E-state index contributed by atoms with van der Waals surface area (Å²) in [5.74, 6) is -0.230. The highest BCUT2D eigenvalue weighted by Crippen LogP contribution is 2.27. The highest BCUT2D eigenvalue weighted by atomic mass is 35.5. The molecule has 0 bridgehead atoms. The molecule has 0 saturated carbocycles. The summed E-state index contributed by atoms with van der Waals surface area (Å²) in [6, 6.07) is 4.63. The number of amides is 1. The van der Waals surface area contributed by atoms with Gasteiger partial charge in [0, 0.05) is 19.2 Å². The first-order chi connectivity index (χ1) is 11.3. The Balaban J connectivity index is 2.03. The Bertz CT molecular complexity index is 744. The van der Waals surface area contributed by atoms with Crippen LogP contribution in [0, 0.1) is 0 Å². The minimum absolute atomic E-state index is 0.230. The molecule has 1 aromatic rings. The number of sulfonamides is 1. The standard InChI is InChI=1S/C17H23ClN2O3S/c1-20(24(2,22)23)16-12-14(8-9-15(16)18)17(21)19-11-10-13-6-4-3-5-7-13/h6,8-9,12H,3-5,7,10-11H2,1-2H3,(H,19,21). The average molecular weight is 371 g/mol. The van der Waals surface area contributed by atoms with Crippen molar-refractivity contribution in [2.45, 2.75) is 32.1 Å². The molecule has 0 atom stereocenters. The molecule has 5 nitrogen and oxygen atoms in total. The van der Waals surface area contributed by atoms with Gasteiger partial charge in [0.05, 0.1) is 17.0 Å². The predicted octanol–water partition coefficient (Wildman–Crippen LogP) is 3.36. The summed E-state index contributed by atoms with van der Waals surface area (Å²) >= 11 is 6.06. The van der Waals surface area contributed by atoms with Gasteiger partial charge in [0.1, 0.15) is 0 Å². The van der Waals surface area contributed by atoms with Crippen molar-refractivity contribution in [1.82, 2.24) is 5.32 Å². The van der Waals surface area contributed by atoms with Crippen LogP contribution < -0.4 is 9.62 Å². The van der Waals surface area contributed by atoms with E-state index in [4.69, 9.17) is 11.6 Å². The molecule has 0 heterocycles. The van der Waals surface area contributed by atoms with E-state index < -0.39 is 10.0 Å². The molecule has 1 aliphatic carbocycles. The predicted molar refractivity (Wildman–Crippen MR) is 98.2 cm³/mol. The summed E-state index contributed by atoms with van der Waals surface area (Å²) in [6.45, 7) is 0.574. The summed E-state index contributed by atoms with van der Waals surface area (Å²) in [4.78, 5) is 12.3. The molecule has 0 aromatic heterocycles. The summed E-state index contributed by atoms with van der Waals surface area (Å²) in [5, 5.41) is 3.16. The van der Waals surface area contributed by atoms with Crippen LogP contribution in [-0.4, -0.2) is 34.2 Å². The fourth-order valence-electron chi connectivity index (χ4n) is 2.64. The topological polar surface area (TPSA) is 66.5 Å². The summed E-state index contributed by atoms with van der Waals surface area (Å²) in [5.41, 5.74) is 2.08. The fourth-order valence-corrected chi connectivity index (χ4v) is 3.45. The average Bonchev–Trinajstić information content (AvgIpc) is 2.54. The number of benzene rings is 1. The summed E-state index contributed by atoms with van der Waals surface area (Å²) in [7, 11) is -2.03. The molecule has 0 fully saturated rings. The van der Waals surface area contributed by atoms with E-state index in [1.54, 1.807) is 6.07 Å². The van der Waals surface area contributed by atoms with Crippen molar-refractivity contribution >= 4 is 33.2 Å². The van der Waals surface area contributed by atoms with Gasteiger partial charge in [-0.1, -0.05) is 23.3 Å². The Morgan fingerprint density at radius 2 is 2.08 bits per heavy atom. The van der Waals surface area contributed by atoms with E-state index in [0.29, 0.717) is 17.8 Å². The van der Waals surface area contributed by atoms with E-state index in [1.165, 1.54) is 37.6 Å². The van der Waals surface area contributed by atoms with Crippen LogP contribution in [0.25, 0.3) is 0 Å². The van der Waals surface area contributed by atoms with Crippen LogP contribution in [-0.2, 0) is 10.0 Å². The third-order valence-electron chi connectivity index (χ3n) is 4.16. The maximum absolute atomic E-state index is 12.3. The van der Waals surface area contributed by atoms with Gasteiger partial charge in [0.2, 0.25) is 10.0 Å². The highest BCUT2D eigenvalue weighted by Gasteiger charge is 2.17. The van der Waals surface area contributed by atoms with Crippen LogP contribution in [0.1, 0.15) is 42.5 Å². The number of nitrogens with zero attached hydrogens (tertiary/aromatic N) is 1. The van der Waals surface area contributed by atoms with E-state index in [9.17, 15) is 13.2 Å². The smallest absolute Gasteiger partial charge is 0.251 e. The third-order valence-corrected chi connectivity index (χ3v) is 5.67. The van der Waals surface area contributed by atoms with E-state index in [-0.39, 0.29) is 10.9 Å². The first-order valence-electron chi connectivity index (χ1n) is 7.98. The van der Waals surface area contributed by atoms with Gasteiger partial charge in [-0.05, 0) is 50.3 Å². The Hall–Kier alpha value is -1.53. The van der Waals surface area contributed by atoms with E-state index >= 15 is 0 Å². The normalized spacial score (nSPS) is 14.9. The highest BCUT2D eigenvalue weighted by molar-refractivity contribution is 7.92. The third kappa shape index (κ3) is 4.98. The van der Waals surface area contributed by atoms with Gasteiger partial charge in [-0.3, -0.25) is 9.10 Å². The minimum Gasteiger partial charge on any atom is -0.352 e. The van der Waals surface area contributed by atoms with Gasteiger partial charge >= 0.3 is 0 Å². The number of carbonyl (C=O) groups excluding carboxylic acids is 1. The maximum atomic E-state index is 12.3. The molecule has 7 heteroatoms. The van der Waals surface area contributed by atoms with Crippen LogP contribution in [0.4, 0.5) is 5.69 Å². The van der Waals surface area contributed by atoms with Crippen LogP contribution in [0.15, 0.2) is 29.8 Å². The summed E-state index contributed by atoms with van der Waals surface area (Å²) < 4.78 is 24.4. The Labute approximate surface area is 148 Å². The molecule has 132 valence electrons. The number of nitrogens with one attached hydrogen (secondary N) is 1. The minimum atomic E-state index is -3.44. The molecule has 0 spiro atoms. The van der Waals surface area contributed by atoms with Gasteiger partial charge in [-0.25, -0.2) is 8.42 Å². The summed E-state index contributed by atoms with van der Waals surface area (Å²) in [6.07, 6.45) is 8.91. The molecule has 1 N–H and O–H groups in total. The molecule has 2 rings (SSSR count). The lowest BCUT2D eigenvalue weighted by Gasteiger charge is -2.19. The molecule has 1 aliphatic rings. The Kier molecular flexibility index (Phi) is 6.29. The Morgan fingerprint density at radius 1 is 1.33 bits per heavy atom. The maximum Gasteiger partial charge on any atom is 0.251 e. The van der Waals surface area contributed by atoms with Gasteiger partial charge in [0.25, 0.3) is 5.91 Å². The SMILES string of the molecule is CN(c1cc(C(=O)NCCC2=CCCCC2)ccc1Cl)S(C)(=O)=O. The molecular weight excluding hydrogens is 348 g/mol. The van der Waals surface area contributed by atoms with Crippen LogP contribution in [0.2, 0.25) is 5.02 Å². The van der Waals surface area contributed by atoms with Crippen molar-refractivity contribution in [1.29, 1.82) is 0 Å². The largest absolute Gasteiger partial charge is 0.352 e. The Morgan fingerprint density at radius 3 is 2.71 bits per heavy atom. The number of hydrogen-bond donors (Lipinski definition) is 1. The first-order valence-corrected chi connectivity index (χ1v) is 10.2. The number of hydrogen-bond acceptors (Lipinski definition) is 3. The second kappa shape index (κ2) is 8.03. The molecule has 0 saturated heterocycles. The molecule has 0 unspecified atom stereocenters. The zero-order chi connectivity index (χ0) is 17.7. The molecule has 24 heavy (non-hydrogen) atoms. The quantitative estimate of drug-likeness (QED) is 0.781. The number of allylic oxidation sites excluding steroid dienone is 1. The van der Waals surface area contributed by atoms with Gasteiger partial charge < -0.3 is 5.32 Å². The molecule has 0 radical (unpaired) electrons. The van der Waals surface area contributed by atoms with E-state index in [1.807, 2.05) is 0 Å². The van der Waals surface area contributed by atoms with E-state index in [0.717, 1.165) is 29.8 Å². The van der Waals surface area contributed by atoms with Crippen molar-refractivity contribution in [3.05, 3.63) is 40.4 Å². The molecule has 1 amide bonds. The number of rotatable bonds is 6. The second-order valence-corrected chi connectivity index (χ2v) is 8.43. The van der Waals surface area contributed by atoms with Crippen molar-refractivity contribution in [3.63, 3.8) is 0 Å². The van der Waals surface area contributed by atoms with Gasteiger partial charge in [0.15, 0.2) is 0 Å². The molecule has 1 aromatic carbocycles. The lowest BCUT2D eigenvalue weighted by Crippen LogP contribution is -2.27. The first kappa shape index (κ1) is 18.8. The van der Waals surface area contributed by atoms with Crippen molar-refractivity contribution in [3.8, 4) is 0 Å². The zero-order valence-electron chi connectivity index (χ0n) is 14.0. The lowest BCUT2D eigenvalue weighted by atomic mass is 9.97.